The van der Waals surface area contributed by atoms with Crippen LogP contribution in [-0.4, -0.2) is 22.0 Å². The monoisotopic (exact) mass is 334 g/mol. The third kappa shape index (κ3) is 2.46. The van der Waals surface area contributed by atoms with Crippen LogP contribution in [0.5, 0.6) is 0 Å². The zero-order valence-electron chi connectivity index (χ0n) is 14.4. The molecule has 0 N–H and O–H groups in total. The lowest BCUT2D eigenvalue weighted by Gasteiger charge is -2.37. The molecule has 1 aromatic carbocycles. The van der Waals surface area contributed by atoms with Crippen LogP contribution in [0.25, 0.3) is 11.1 Å². The Labute approximate surface area is 147 Å². The first kappa shape index (κ1) is 15.1. The molecule has 1 spiro atoms. The molecular weight excluding hydrogens is 312 g/mol. The van der Waals surface area contributed by atoms with Crippen LogP contribution in [0.1, 0.15) is 57.3 Å². The summed E-state index contributed by atoms with van der Waals surface area (Å²) in [6.07, 6.45) is 8.61. The molecule has 0 amide bonds. The van der Waals surface area contributed by atoms with E-state index < -0.39 is 0 Å². The van der Waals surface area contributed by atoms with Crippen molar-refractivity contribution in [3.05, 3.63) is 41.3 Å². The van der Waals surface area contributed by atoms with E-state index in [0.717, 1.165) is 60.4 Å². The summed E-state index contributed by atoms with van der Waals surface area (Å²) < 4.78 is 5.90. The molecular formula is C21H22N2O2. The van der Waals surface area contributed by atoms with Crippen LogP contribution < -0.4 is 0 Å². The van der Waals surface area contributed by atoms with Gasteiger partial charge in [0.25, 0.3) is 0 Å². The highest BCUT2D eigenvalue weighted by atomic mass is 16.3. The van der Waals surface area contributed by atoms with Gasteiger partial charge in [-0.15, -0.1) is 0 Å². The van der Waals surface area contributed by atoms with E-state index >= 15 is 0 Å². The lowest BCUT2D eigenvalue weighted by molar-refractivity contribution is -0.116. The lowest BCUT2D eigenvalue weighted by Crippen LogP contribution is -2.38. The first-order chi connectivity index (χ1) is 12.2. The van der Waals surface area contributed by atoms with Gasteiger partial charge >= 0.3 is 0 Å². The van der Waals surface area contributed by atoms with Crippen molar-refractivity contribution in [2.75, 3.05) is 0 Å². The molecule has 1 saturated carbocycles. The van der Waals surface area contributed by atoms with E-state index in [2.05, 4.69) is 4.98 Å². The Morgan fingerprint density at radius 3 is 2.76 bits per heavy atom. The summed E-state index contributed by atoms with van der Waals surface area (Å²) in [6, 6.07) is 7.87. The van der Waals surface area contributed by atoms with E-state index in [1.807, 2.05) is 24.3 Å². The van der Waals surface area contributed by atoms with Gasteiger partial charge in [-0.05, 0) is 37.8 Å². The molecule has 0 unspecified atom stereocenters. The Hall–Kier alpha value is -2.23. The standard InChI is InChI=1S/C21H22N2O2/c24-17-8-5-6-14-12-15(23-21(20(14)17)10-3-4-11-21)13-19-22-16-7-1-2-9-18(16)25-19/h1-2,7,9H,3-6,8,10-13H2. The smallest absolute Gasteiger partial charge is 0.201 e. The van der Waals surface area contributed by atoms with Crippen LogP contribution in [0, 0.1) is 0 Å². The highest BCUT2D eigenvalue weighted by molar-refractivity contribution is 6.03. The van der Waals surface area contributed by atoms with E-state index in [1.54, 1.807) is 0 Å². The minimum absolute atomic E-state index is 0.230. The molecule has 3 aliphatic rings. The number of aliphatic imine (C=N–C) groups is 1. The van der Waals surface area contributed by atoms with Crippen LogP contribution in [0.2, 0.25) is 0 Å². The molecule has 1 aromatic heterocycles. The van der Waals surface area contributed by atoms with Gasteiger partial charge in [0, 0.05) is 24.1 Å². The predicted molar refractivity (Wildman–Crippen MR) is 96.8 cm³/mol. The number of oxazole rings is 1. The largest absolute Gasteiger partial charge is 0.440 e. The maximum Gasteiger partial charge on any atom is 0.201 e. The van der Waals surface area contributed by atoms with Gasteiger partial charge in [-0.25, -0.2) is 4.98 Å². The Bertz CT molecular complexity index is 880. The van der Waals surface area contributed by atoms with Crippen LogP contribution >= 0.6 is 0 Å². The molecule has 0 bridgehead atoms. The molecule has 5 rings (SSSR count). The second-order valence-electron chi connectivity index (χ2n) is 7.60. The molecule has 0 saturated heterocycles. The molecule has 0 atom stereocenters. The Balaban J connectivity index is 1.51. The third-order valence-corrected chi connectivity index (χ3v) is 5.89. The first-order valence-electron chi connectivity index (χ1n) is 9.41. The zero-order valence-corrected chi connectivity index (χ0v) is 14.4. The summed E-state index contributed by atoms with van der Waals surface area (Å²) in [4.78, 5) is 22.4. The minimum atomic E-state index is -0.230. The van der Waals surface area contributed by atoms with Crippen LogP contribution in [0.3, 0.4) is 0 Å². The summed E-state index contributed by atoms with van der Waals surface area (Å²) in [6.45, 7) is 0. The molecule has 4 heteroatoms. The fraction of sp³-hybridized carbons (Fsp3) is 0.476. The van der Waals surface area contributed by atoms with Crippen molar-refractivity contribution >= 4 is 22.6 Å². The second kappa shape index (κ2) is 5.65. The van der Waals surface area contributed by atoms with Crippen molar-refractivity contribution in [1.82, 2.24) is 4.98 Å². The van der Waals surface area contributed by atoms with Crippen LogP contribution in [-0.2, 0) is 11.2 Å². The summed E-state index contributed by atoms with van der Waals surface area (Å²) >= 11 is 0. The fourth-order valence-electron chi connectivity index (χ4n) is 4.91. The molecule has 2 heterocycles. The van der Waals surface area contributed by atoms with Crippen LogP contribution in [0.15, 0.2) is 44.8 Å². The van der Waals surface area contributed by atoms with Gasteiger partial charge in [-0.3, -0.25) is 9.79 Å². The average molecular weight is 334 g/mol. The fourth-order valence-corrected chi connectivity index (χ4v) is 4.91. The van der Waals surface area contributed by atoms with Crippen molar-refractivity contribution < 1.29 is 9.21 Å². The summed E-state index contributed by atoms with van der Waals surface area (Å²) in [5, 5.41) is 0. The molecule has 1 fully saturated rings. The zero-order chi connectivity index (χ0) is 16.9. The van der Waals surface area contributed by atoms with E-state index in [-0.39, 0.29) is 5.54 Å². The number of allylic oxidation sites excluding steroid dienone is 1. The number of Topliss-reactive ketones (excluding diaryl/α,β-unsaturated/α-hetero) is 1. The molecule has 128 valence electrons. The number of dihydropyridines is 1. The molecule has 1 aliphatic heterocycles. The number of ketones is 1. The topological polar surface area (TPSA) is 55.5 Å². The molecule has 2 aromatic rings. The van der Waals surface area contributed by atoms with Gasteiger partial charge in [-0.2, -0.15) is 0 Å². The van der Waals surface area contributed by atoms with Crippen molar-refractivity contribution in [3.63, 3.8) is 0 Å². The lowest BCUT2D eigenvalue weighted by atomic mass is 9.73. The number of fused-ring (bicyclic) bond motifs is 2. The number of hydrogen-bond donors (Lipinski definition) is 0. The first-order valence-corrected chi connectivity index (χ1v) is 9.41. The van der Waals surface area contributed by atoms with E-state index in [4.69, 9.17) is 9.41 Å². The van der Waals surface area contributed by atoms with Crippen LogP contribution in [0.4, 0.5) is 0 Å². The number of carbonyl (C=O) groups is 1. The van der Waals surface area contributed by atoms with E-state index in [0.29, 0.717) is 18.6 Å². The molecule has 4 nitrogen and oxygen atoms in total. The minimum Gasteiger partial charge on any atom is -0.440 e. The van der Waals surface area contributed by atoms with Gasteiger partial charge in [0.1, 0.15) is 5.52 Å². The maximum atomic E-state index is 12.6. The normalized spacial score (nSPS) is 22.6. The number of para-hydroxylation sites is 2. The van der Waals surface area contributed by atoms with Gasteiger partial charge < -0.3 is 4.42 Å². The molecule has 2 aliphatic carbocycles. The second-order valence-corrected chi connectivity index (χ2v) is 7.60. The highest BCUT2D eigenvalue weighted by Gasteiger charge is 2.45. The predicted octanol–water partition coefficient (Wildman–Crippen LogP) is 4.58. The number of rotatable bonds is 2. The van der Waals surface area contributed by atoms with Crippen molar-refractivity contribution in [2.24, 2.45) is 4.99 Å². The summed E-state index contributed by atoms with van der Waals surface area (Å²) in [5.74, 6) is 1.09. The van der Waals surface area contributed by atoms with Gasteiger partial charge in [0.15, 0.2) is 11.4 Å². The Morgan fingerprint density at radius 2 is 1.92 bits per heavy atom. The molecule has 0 radical (unpaired) electrons. The average Bonchev–Trinajstić information content (AvgIpc) is 3.21. The van der Waals surface area contributed by atoms with Crippen molar-refractivity contribution in [2.45, 2.75) is 63.3 Å². The number of benzene rings is 1. The summed E-state index contributed by atoms with van der Waals surface area (Å²) in [5.41, 5.74) is 5.07. The quantitative estimate of drug-likeness (QED) is 0.808. The Morgan fingerprint density at radius 1 is 1.08 bits per heavy atom. The van der Waals surface area contributed by atoms with Gasteiger partial charge in [0.05, 0.1) is 12.0 Å². The van der Waals surface area contributed by atoms with E-state index in [9.17, 15) is 4.79 Å². The number of carbonyl (C=O) groups excluding carboxylic acids is 1. The number of aromatic nitrogens is 1. The maximum absolute atomic E-state index is 12.6. The SMILES string of the molecule is O=C1CCCC2=C1C1(CCCC1)N=C(Cc1nc3ccccc3o1)C2. The van der Waals surface area contributed by atoms with Crippen molar-refractivity contribution in [1.29, 1.82) is 0 Å². The number of hydrogen-bond acceptors (Lipinski definition) is 4. The third-order valence-electron chi connectivity index (χ3n) is 5.89. The van der Waals surface area contributed by atoms with Crippen molar-refractivity contribution in [3.8, 4) is 0 Å². The molecule has 25 heavy (non-hydrogen) atoms. The highest BCUT2D eigenvalue weighted by Crippen LogP contribution is 2.47. The Kier molecular flexibility index (Phi) is 3.40. The van der Waals surface area contributed by atoms with Gasteiger partial charge in [-0.1, -0.05) is 30.5 Å². The summed E-state index contributed by atoms with van der Waals surface area (Å²) in [7, 11) is 0. The van der Waals surface area contributed by atoms with Gasteiger partial charge in [0.2, 0.25) is 5.89 Å². The number of nitrogens with zero attached hydrogens (tertiary/aromatic N) is 2. The van der Waals surface area contributed by atoms with E-state index in [1.165, 1.54) is 18.4 Å².